The minimum absolute atomic E-state index is 0.0396. The van der Waals surface area contributed by atoms with Crippen molar-refractivity contribution in [2.45, 2.75) is 32.7 Å². The van der Waals surface area contributed by atoms with Crippen LogP contribution < -0.4 is 5.32 Å². The van der Waals surface area contributed by atoms with Crippen LogP contribution >= 0.6 is 11.6 Å². The second kappa shape index (κ2) is 6.62. The first kappa shape index (κ1) is 14.0. The highest BCUT2D eigenvalue weighted by Gasteiger charge is 2.06. The standard InChI is InChI=1S/C13H18ClNO2/c1-9-3-4-11(7-12(9)14)5-6-13(17)15-10(2)8-16/h3-4,7,10,16H,5-6,8H2,1-2H3,(H,15,17). The zero-order valence-corrected chi connectivity index (χ0v) is 10.9. The van der Waals surface area contributed by atoms with E-state index in [-0.39, 0.29) is 18.6 Å². The molecule has 1 aromatic carbocycles. The first-order chi connectivity index (χ1) is 8.02. The van der Waals surface area contributed by atoms with Crippen molar-refractivity contribution < 1.29 is 9.90 Å². The molecule has 0 saturated heterocycles. The highest BCUT2D eigenvalue weighted by Crippen LogP contribution is 2.17. The molecule has 1 rings (SSSR count). The molecule has 1 aromatic rings. The van der Waals surface area contributed by atoms with Gasteiger partial charge in [-0.05, 0) is 37.5 Å². The number of halogens is 1. The summed E-state index contributed by atoms with van der Waals surface area (Å²) in [5.74, 6) is -0.0525. The van der Waals surface area contributed by atoms with Crippen LogP contribution in [0.15, 0.2) is 18.2 Å². The Morgan fingerprint density at radius 1 is 1.53 bits per heavy atom. The molecule has 17 heavy (non-hydrogen) atoms. The Hall–Kier alpha value is -1.06. The average molecular weight is 256 g/mol. The van der Waals surface area contributed by atoms with E-state index in [1.807, 2.05) is 25.1 Å². The number of benzene rings is 1. The lowest BCUT2D eigenvalue weighted by atomic mass is 10.1. The third kappa shape index (κ3) is 4.75. The van der Waals surface area contributed by atoms with Crippen LogP contribution in [-0.4, -0.2) is 23.7 Å². The molecule has 0 aromatic heterocycles. The van der Waals surface area contributed by atoms with Gasteiger partial charge in [-0.3, -0.25) is 4.79 Å². The van der Waals surface area contributed by atoms with Gasteiger partial charge in [0.15, 0.2) is 0 Å². The molecule has 1 atom stereocenters. The van der Waals surface area contributed by atoms with Crippen molar-refractivity contribution in [1.82, 2.24) is 5.32 Å². The summed E-state index contributed by atoms with van der Waals surface area (Å²) in [7, 11) is 0. The van der Waals surface area contributed by atoms with Crippen molar-refractivity contribution in [2.75, 3.05) is 6.61 Å². The van der Waals surface area contributed by atoms with E-state index in [0.29, 0.717) is 12.8 Å². The molecule has 0 aliphatic rings. The van der Waals surface area contributed by atoms with Gasteiger partial charge in [-0.25, -0.2) is 0 Å². The number of aliphatic hydroxyl groups excluding tert-OH is 1. The maximum absolute atomic E-state index is 11.5. The maximum Gasteiger partial charge on any atom is 0.220 e. The van der Waals surface area contributed by atoms with E-state index in [4.69, 9.17) is 16.7 Å². The number of rotatable bonds is 5. The summed E-state index contributed by atoms with van der Waals surface area (Å²) in [4.78, 5) is 11.5. The van der Waals surface area contributed by atoms with Crippen LogP contribution in [0, 0.1) is 6.92 Å². The molecule has 0 fully saturated rings. The van der Waals surface area contributed by atoms with E-state index in [9.17, 15) is 4.79 Å². The summed E-state index contributed by atoms with van der Waals surface area (Å²) >= 11 is 6.00. The van der Waals surface area contributed by atoms with Gasteiger partial charge in [-0.2, -0.15) is 0 Å². The summed E-state index contributed by atoms with van der Waals surface area (Å²) in [5.41, 5.74) is 2.08. The highest BCUT2D eigenvalue weighted by molar-refractivity contribution is 6.31. The van der Waals surface area contributed by atoms with Crippen molar-refractivity contribution in [1.29, 1.82) is 0 Å². The average Bonchev–Trinajstić information content (AvgIpc) is 2.30. The predicted molar refractivity (Wildman–Crippen MR) is 69.2 cm³/mol. The van der Waals surface area contributed by atoms with Gasteiger partial charge in [-0.1, -0.05) is 23.7 Å². The minimum atomic E-state index is -0.191. The topological polar surface area (TPSA) is 49.3 Å². The van der Waals surface area contributed by atoms with Crippen molar-refractivity contribution in [3.8, 4) is 0 Å². The van der Waals surface area contributed by atoms with Crippen LogP contribution in [0.1, 0.15) is 24.5 Å². The van der Waals surface area contributed by atoms with Gasteiger partial charge in [0.25, 0.3) is 0 Å². The first-order valence-electron chi connectivity index (χ1n) is 5.68. The second-order valence-corrected chi connectivity index (χ2v) is 4.64. The lowest BCUT2D eigenvalue weighted by molar-refractivity contribution is -0.121. The fraction of sp³-hybridized carbons (Fsp3) is 0.462. The van der Waals surface area contributed by atoms with Crippen molar-refractivity contribution in [3.05, 3.63) is 34.3 Å². The van der Waals surface area contributed by atoms with Crippen LogP contribution in [-0.2, 0) is 11.2 Å². The summed E-state index contributed by atoms with van der Waals surface area (Å²) in [6, 6.07) is 5.62. The van der Waals surface area contributed by atoms with E-state index in [0.717, 1.165) is 16.1 Å². The number of carbonyl (C=O) groups is 1. The van der Waals surface area contributed by atoms with Crippen LogP contribution in [0.4, 0.5) is 0 Å². The molecule has 0 spiro atoms. The van der Waals surface area contributed by atoms with Crippen LogP contribution in [0.5, 0.6) is 0 Å². The van der Waals surface area contributed by atoms with Gasteiger partial charge in [0.05, 0.1) is 6.61 Å². The van der Waals surface area contributed by atoms with Crippen molar-refractivity contribution in [2.24, 2.45) is 0 Å². The van der Waals surface area contributed by atoms with Gasteiger partial charge >= 0.3 is 0 Å². The van der Waals surface area contributed by atoms with Gasteiger partial charge in [-0.15, -0.1) is 0 Å². The largest absolute Gasteiger partial charge is 0.394 e. The molecular formula is C13H18ClNO2. The molecule has 3 nitrogen and oxygen atoms in total. The minimum Gasteiger partial charge on any atom is -0.394 e. The number of aliphatic hydroxyl groups is 1. The molecule has 94 valence electrons. The molecule has 0 radical (unpaired) electrons. The van der Waals surface area contributed by atoms with Gasteiger partial charge < -0.3 is 10.4 Å². The lowest BCUT2D eigenvalue weighted by Crippen LogP contribution is -2.35. The van der Waals surface area contributed by atoms with E-state index < -0.39 is 0 Å². The molecule has 0 aliphatic heterocycles. The van der Waals surface area contributed by atoms with Crippen LogP contribution in [0.25, 0.3) is 0 Å². The number of amides is 1. The molecular weight excluding hydrogens is 238 g/mol. The fourth-order valence-electron chi connectivity index (χ4n) is 1.44. The highest BCUT2D eigenvalue weighted by atomic mass is 35.5. The smallest absolute Gasteiger partial charge is 0.220 e. The van der Waals surface area contributed by atoms with Crippen LogP contribution in [0.2, 0.25) is 5.02 Å². The zero-order valence-electron chi connectivity index (χ0n) is 10.2. The summed E-state index contributed by atoms with van der Waals surface area (Å²) < 4.78 is 0. The Morgan fingerprint density at radius 2 is 2.24 bits per heavy atom. The Morgan fingerprint density at radius 3 is 2.82 bits per heavy atom. The Bertz CT molecular complexity index is 393. The normalized spacial score (nSPS) is 12.2. The molecule has 1 unspecified atom stereocenters. The van der Waals surface area contributed by atoms with E-state index >= 15 is 0 Å². The van der Waals surface area contributed by atoms with E-state index in [1.54, 1.807) is 6.92 Å². The lowest BCUT2D eigenvalue weighted by Gasteiger charge is -2.10. The molecule has 0 aliphatic carbocycles. The third-order valence-electron chi connectivity index (χ3n) is 2.56. The zero-order chi connectivity index (χ0) is 12.8. The Kier molecular flexibility index (Phi) is 5.45. The number of hydrogen-bond donors (Lipinski definition) is 2. The fourth-order valence-corrected chi connectivity index (χ4v) is 1.65. The Labute approximate surface area is 107 Å². The van der Waals surface area contributed by atoms with Gasteiger partial charge in [0.1, 0.15) is 0 Å². The number of nitrogens with one attached hydrogen (secondary N) is 1. The molecule has 1 amide bonds. The Balaban J connectivity index is 2.45. The number of carbonyl (C=O) groups excluding carboxylic acids is 1. The number of aryl methyl sites for hydroxylation is 2. The van der Waals surface area contributed by atoms with Gasteiger partial charge in [0.2, 0.25) is 5.91 Å². The maximum atomic E-state index is 11.5. The molecule has 4 heteroatoms. The van der Waals surface area contributed by atoms with Crippen molar-refractivity contribution in [3.63, 3.8) is 0 Å². The summed E-state index contributed by atoms with van der Waals surface area (Å²) in [6.45, 7) is 3.67. The summed E-state index contributed by atoms with van der Waals surface area (Å²) in [6.07, 6.45) is 1.06. The molecule has 0 bridgehead atoms. The van der Waals surface area contributed by atoms with E-state index in [2.05, 4.69) is 5.32 Å². The van der Waals surface area contributed by atoms with Crippen molar-refractivity contribution >= 4 is 17.5 Å². The van der Waals surface area contributed by atoms with Gasteiger partial charge in [0, 0.05) is 17.5 Å². The predicted octanol–water partition coefficient (Wildman–Crippen LogP) is 2.08. The third-order valence-corrected chi connectivity index (χ3v) is 2.97. The number of hydrogen-bond acceptors (Lipinski definition) is 2. The molecule has 0 heterocycles. The summed E-state index contributed by atoms with van der Waals surface area (Å²) in [5, 5.41) is 12.2. The SMILES string of the molecule is Cc1ccc(CCC(=O)NC(C)CO)cc1Cl. The van der Waals surface area contributed by atoms with E-state index in [1.165, 1.54) is 0 Å². The van der Waals surface area contributed by atoms with Crippen LogP contribution in [0.3, 0.4) is 0 Å². The molecule has 2 N–H and O–H groups in total. The first-order valence-corrected chi connectivity index (χ1v) is 6.06. The monoisotopic (exact) mass is 255 g/mol. The quantitative estimate of drug-likeness (QED) is 0.846. The second-order valence-electron chi connectivity index (χ2n) is 4.23. The molecule has 0 saturated carbocycles.